The summed E-state index contributed by atoms with van der Waals surface area (Å²) in [6, 6.07) is 1.94. The summed E-state index contributed by atoms with van der Waals surface area (Å²) < 4.78 is 5.65. The lowest BCUT2D eigenvalue weighted by atomic mass is 9.98. The van der Waals surface area contributed by atoms with Gasteiger partial charge < -0.3 is 14.8 Å². The molecule has 2 aromatic rings. The molecule has 0 radical (unpaired) electrons. The van der Waals surface area contributed by atoms with Crippen molar-refractivity contribution in [1.82, 2.24) is 10.3 Å². The quantitative estimate of drug-likeness (QED) is 0.888. The SMILES string of the molecule is Cc1oc(-c2ccsc2)nc1CC(=O)NC1(CO)CCCC1. The van der Waals surface area contributed by atoms with Crippen LogP contribution in [0.1, 0.15) is 37.1 Å². The molecule has 1 aliphatic carbocycles. The van der Waals surface area contributed by atoms with Gasteiger partial charge in [0.1, 0.15) is 5.76 Å². The van der Waals surface area contributed by atoms with Gasteiger partial charge in [0.2, 0.25) is 11.8 Å². The van der Waals surface area contributed by atoms with Crippen LogP contribution in [0.25, 0.3) is 11.5 Å². The molecule has 2 aromatic heterocycles. The zero-order chi connectivity index (χ0) is 15.6. The highest BCUT2D eigenvalue weighted by Crippen LogP contribution is 2.29. The van der Waals surface area contributed by atoms with Crippen molar-refractivity contribution in [3.05, 3.63) is 28.3 Å². The van der Waals surface area contributed by atoms with Crippen molar-refractivity contribution in [3.8, 4) is 11.5 Å². The highest BCUT2D eigenvalue weighted by molar-refractivity contribution is 7.08. The molecule has 2 N–H and O–H groups in total. The van der Waals surface area contributed by atoms with Gasteiger partial charge in [-0.05, 0) is 31.2 Å². The second-order valence-corrected chi connectivity index (χ2v) is 6.68. The average molecular weight is 320 g/mol. The smallest absolute Gasteiger partial charge is 0.227 e. The fourth-order valence-electron chi connectivity index (χ4n) is 2.97. The van der Waals surface area contributed by atoms with E-state index in [-0.39, 0.29) is 18.9 Å². The first-order valence-corrected chi connectivity index (χ1v) is 8.47. The van der Waals surface area contributed by atoms with Crippen molar-refractivity contribution >= 4 is 17.2 Å². The number of carbonyl (C=O) groups is 1. The van der Waals surface area contributed by atoms with Crippen molar-refractivity contribution in [2.75, 3.05) is 6.61 Å². The molecule has 0 aromatic carbocycles. The largest absolute Gasteiger partial charge is 0.441 e. The van der Waals surface area contributed by atoms with Crippen LogP contribution in [0.2, 0.25) is 0 Å². The van der Waals surface area contributed by atoms with Crippen LogP contribution in [-0.4, -0.2) is 28.1 Å². The van der Waals surface area contributed by atoms with Crippen LogP contribution in [0.5, 0.6) is 0 Å². The van der Waals surface area contributed by atoms with Gasteiger partial charge in [0.05, 0.1) is 24.3 Å². The van der Waals surface area contributed by atoms with Crippen LogP contribution in [0.3, 0.4) is 0 Å². The number of oxazole rings is 1. The molecule has 0 aliphatic heterocycles. The van der Waals surface area contributed by atoms with E-state index in [1.807, 2.05) is 23.8 Å². The Morgan fingerprint density at radius 1 is 1.50 bits per heavy atom. The van der Waals surface area contributed by atoms with Gasteiger partial charge >= 0.3 is 0 Å². The zero-order valence-electron chi connectivity index (χ0n) is 12.6. The number of thiophene rings is 1. The minimum absolute atomic E-state index is 0.00328. The van der Waals surface area contributed by atoms with Crippen LogP contribution in [-0.2, 0) is 11.2 Å². The van der Waals surface area contributed by atoms with Crippen LogP contribution in [0.15, 0.2) is 21.2 Å². The Labute approximate surface area is 133 Å². The van der Waals surface area contributed by atoms with Crippen LogP contribution in [0.4, 0.5) is 0 Å². The summed E-state index contributed by atoms with van der Waals surface area (Å²) in [5.41, 5.74) is 1.15. The molecule has 6 heteroatoms. The van der Waals surface area contributed by atoms with Gasteiger partial charge in [-0.3, -0.25) is 4.79 Å². The Morgan fingerprint density at radius 2 is 2.27 bits per heavy atom. The van der Waals surface area contributed by atoms with E-state index in [4.69, 9.17) is 4.42 Å². The molecule has 3 rings (SSSR count). The molecule has 118 valence electrons. The molecule has 1 amide bonds. The van der Waals surface area contributed by atoms with Crippen molar-refractivity contribution in [3.63, 3.8) is 0 Å². The number of aryl methyl sites for hydroxylation is 1. The predicted octanol–water partition coefficient (Wildman–Crippen LogP) is 2.68. The molecule has 0 bridgehead atoms. The summed E-state index contributed by atoms with van der Waals surface area (Å²) >= 11 is 1.58. The molecule has 2 heterocycles. The first-order chi connectivity index (χ1) is 10.6. The number of nitrogens with zero attached hydrogens (tertiary/aromatic N) is 1. The maximum absolute atomic E-state index is 12.3. The predicted molar refractivity (Wildman–Crippen MR) is 84.7 cm³/mol. The third-order valence-corrected chi connectivity index (χ3v) is 4.94. The molecular formula is C16H20N2O3S. The van der Waals surface area contributed by atoms with Crippen LogP contribution < -0.4 is 5.32 Å². The molecular weight excluding hydrogens is 300 g/mol. The summed E-state index contributed by atoms with van der Waals surface area (Å²) in [4.78, 5) is 16.7. The van der Waals surface area contributed by atoms with Crippen LogP contribution >= 0.6 is 11.3 Å². The number of nitrogens with one attached hydrogen (secondary N) is 1. The first-order valence-electron chi connectivity index (χ1n) is 7.53. The minimum atomic E-state index is -0.440. The zero-order valence-corrected chi connectivity index (χ0v) is 13.4. The van der Waals surface area contributed by atoms with Gasteiger partial charge in [0, 0.05) is 10.9 Å². The van der Waals surface area contributed by atoms with Gasteiger partial charge in [0.25, 0.3) is 0 Å². The lowest BCUT2D eigenvalue weighted by Gasteiger charge is -2.27. The Bertz CT molecular complexity index is 642. The van der Waals surface area contributed by atoms with E-state index in [1.165, 1.54) is 0 Å². The number of aliphatic hydroxyl groups excluding tert-OH is 1. The standard InChI is InChI=1S/C16H20N2O3S/c1-11-13(17-15(21-11)12-4-7-22-9-12)8-14(20)18-16(10-19)5-2-3-6-16/h4,7,9,19H,2-3,5-6,8,10H2,1H3,(H,18,20). The Balaban J connectivity index is 1.69. The molecule has 22 heavy (non-hydrogen) atoms. The number of aliphatic hydroxyl groups is 1. The fraction of sp³-hybridized carbons (Fsp3) is 0.500. The first kappa shape index (κ1) is 15.2. The number of carbonyl (C=O) groups excluding carboxylic acids is 1. The molecule has 1 aliphatic rings. The van der Waals surface area contributed by atoms with E-state index in [9.17, 15) is 9.90 Å². The third-order valence-electron chi connectivity index (χ3n) is 4.26. The van der Waals surface area contributed by atoms with E-state index >= 15 is 0 Å². The van der Waals surface area contributed by atoms with Gasteiger partial charge in [-0.25, -0.2) is 4.98 Å². The second kappa shape index (κ2) is 6.22. The number of rotatable bonds is 5. The molecule has 1 saturated carbocycles. The molecule has 0 spiro atoms. The maximum Gasteiger partial charge on any atom is 0.227 e. The monoisotopic (exact) mass is 320 g/mol. The van der Waals surface area contributed by atoms with Crippen molar-refractivity contribution in [2.24, 2.45) is 0 Å². The highest BCUT2D eigenvalue weighted by atomic mass is 32.1. The number of hydrogen-bond acceptors (Lipinski definition) is 5. The Morgan fingerprint density at radius 3 is 2.91 bits per heavy atom. The van der Waals surface area contributed by atoms with E-state index < -0.39 is 5.54 Å². The van der Waals surface area contributed by atoms with E-state index in [1.54, 1.807) is 11.3 Å². The molecule has 0 saturated heterocycles. The van der Waals surface area contributed by atoms with Crippen molar-refractivity contribution in [2.45, 2.75) is 44.6 Å². The Hall–Kier alpha value is -1.66. The van der Waals surface area contributed by atoms with Gasteiger partial charge in [-0.2, -0.15) is 11.3 Å². The fourth-order valence-corrected chi connectivity index (χ4v) is 3.60. The normalized spacial score (nSPS) is 16.8. The summed E-state index contributed by atoms with van der Waals surface area (Å²) in [5.74, 6) is 1.12. The van der Waals surface area contributed by atoms with E-state index in [2.05, 4.69) is 10.3 Å². The third kappa shape index (κ3) is 3.08. The van der Waals surface area contributed by atoms with Crippen molar-refractivity contribution < 1.29 is 14.3 Å². The minimum Gasteiger partial charge on any atom is -0.441 e. The number of aromatic nitrogens is 1. The molecule has 0 unspecified atom stereocenters. The maximum atomic E-state index is 12.3. The molecule has 5 nitrogen and oxygen atoms in total. The summed E-state index contributed by atoms with van der Waals surface area (Å²) in [5, 5.41) is 16.5. The van der Waals surface area contributed by atoms with E-state index in [0.29, 0.717) is 17.3 Å². The van der Waals surface area contributed by atoms with Gasteiger partial charge in [0.15, 0.2) is 0 Å². The molecule has 0 atom stereocenters. The van der Waals surface area contributed by atoms with E-state index in [0.717, 1.165) is 31.2 Å². The average Bonchev–Trinajstić information content (AvgIpc) is 3.21. The highest BCUT2D eigenvalue weighted by Gasteiger charge is 2.34. The van der Waals surface area contributed by atoms with Crippen LogP contribution in [0, 0.1) is 6.92 Å². The van der Waals surface area contributed by atoms with Crippen molar-refractivity contribution in [1.29, 1.82) is 0 Å². The van der Waals surface area contributed by atoms with Gasteiger partial charge in [-0.15, -0.1) is 0 Å². The lowest BCUT2D eigenvalue weighted by Crippen LogP contribution is -2.49. The lowest BCUT2D eigenvalue weighted by molar-refractivity contribution is -0.123. The number of hydrogen-bond donors (Lipinski definition) is 2. The van der Waals surface area contributed by atoms with Gasteiger partial charge in [-0.1, -0.05) is 12.8 Å². The second-order valence-electron chi connectivity index (χ2n) is 5.90. The summed E-state index contributed by atoms with van der Waals surface area (Å²) in [6.07, 6.45) is 3.96. The number of amides is 1. The summed E-state index contributed by atoms with van der Waals surface area (Å²) in [6.45, 7) is 1.82. The Kier molecular flexibility index (Phi) is 4.31. The molecule has 1 fully saturated rings. The summed E-state index contributed by atoms with van der Waals surface area (Å²) in [7, 11) is 0. The topological polar surface area (TPSA) is 75.4 Å².